The number of carbonyl (C=O) groups is 1. The highest BCUT2D eigenvalue weighted by molar-refractivity contribution is 14.0. The standard InChI is InChI=1S/C16H32N4O.HI/c1-3-5-6-7-11-18-16(17-4-2)19-12-10-15(21)20-13-8-9-14-20;/h3-14H2,1-2H3,(H2,17,18,19);1H. The van der Waals surface area contributed by atoms with Crippen LogP contribution in [0.15, 0.2) is 4.99 Å². The molecule has 1 heterocycles. The number of unbranched alkanes of at least 4 members (excludes halogenated alkanes) is 3. The van der Waals surface area contributed by atoms with Crippen molar-refractivity contribution in [2.45, 2.75) is 58.8 Å². The maximum Gasteiger partial charge on any atom is 0.224 e. The minimum absolute atomic E-state index is 0. The Hall–Kier alpha value is -0.530. The topological polar surface area (TPSA) is 56.7 Å². The first-order chi connectivity index (χ1) is 10.3. The molecule has 0 aromatic rings. The monoisotopic (exact) mass is 424 g/mol. The van der Waals surface area contributed by atoms with Crippen LogP contribution in [0.5, 0.6) is 0 Å². The summed E-state index contributed by atoms with van der Waals surface area (Å²) in [7, 11) is 0. The van der Waals surface area contributed by atoms with Crippen molar-refractivity contribution in [3.63, 3.8) is 0 Å². The van der Waals surface area contributed by atoms with E-state index in [-0.39, 0.29) is 29.9 Å². The number of hydrogen-bond donors (Lipinski definition) is 2. The molecule has 1 saturated heterocycles. The predicted molar refractivity (Wildman–Crippen MR) is 104 cm³/mol. The van der Waals surface area contributed by atoms with Gasteiger partial charge in [-0.15, -0.1) is 24.0 Å². The Labute approximate surface area is 152 Å². The smallest absolute Gasteiger partial charge is 0.224 e. The third-order valence-corrected chi connectivity index (χ3v) is 3.72. The lowest BCUT2D eigenvalue weighted by molar-refractivity contribution is -0.129. The molecular weight excluding hydrogens is 391 g/mol. The van der Waals surface area contributed by atoms with Crippen LogP contribution in [0.4, 0.5) is 0 Å². The largest absolute Gasteiger partial charge is 0.357 e. The van der Waals surface area contributed by atoms with Crippen molar-refractivity contribution in [3.05, 3.63) is 0 Å². The molecule has 1 amide bonds. The molecule has 1 rings (SSSR count). The summed E-state index contributed by atoms with van der Waals surface area (Å²) < 4.78 is 0. The van der Waals surface area contributed by atoms with Crippen LogP contribution in [0.2, 0.25) is 0 Å². The minimum atomic E-state index is 0. The van der Waals surface area contributed by atoms with E-state index in [0.29, 0.717) is 13.0 Å². The fourth-order valence-corrected chi connectivity index (χ4v) is 2.48. The molecule has 5 nitrogen and oxygen atoms in total. The zero-order valence-corrected chi connectivity index (χ0v) is 16.5. The van der Waals surface area contributed by atoms with Gasteiger partial charge in [0.15, 0.2) is 5.96 Å². The van der Waals surface area contributed by atoms with Crippen LogP contribution in [0.25, 0.3) is 0 Å². The van der Waals surface area contributed by atoms with E-state index >= 15 is 0 Å². The van der Waals surface area contributed by atoms with Crippen LogP contribution in [0.3, 0.4) is 0 Å². The summed E-state index contributed by atoms with van der Waals surface area (Å²) in [5, 5.41) is 6.49. The van der Waals surface area contributed by atoms with Crippen LogP contribution in [-0.2, 0) is 4.79 Å². The number of aliphatic imine (C=N–C) groups is 1. The predicted octanol–water partition coefficient (Wildman–Crippen LogP) is 2.75. The first-order valence-electron chi connectivity index (χ1n) is 8.57. The molecular formula is C16H33IN4O. The molecule has 0 spiro atoms. The first-order valence-corrected chi connectivity index (χ1v) is 8.57. The Morgan fingerprint density at radius 2 is 1.82 bits per heavy atom. The molecule has 0 unspecified atom stereocenters. The molecule has 2 N–H and O–H groups in total. The Balaban J connectivity index is 0.00000441. The fraction of sp³-hybridized carbons (Fsp3) is 0.875. The van der Waals surface area contributed by atoms with E-state index in [1.807, 2.05) is 4.90 Å². The summed E-state index contributed by atoms with van der Waals surface area (Å²) in [5.74, 6) is 1.10. The molecule has 0 saturated carbocycles. The van der Waals surface area contributed by atoms with Gasteiger partial charge in [0, 0.05) is 39.1 Å². The van der Waals surface area contributed by atoms with Gasteiger partial charge in [0.2, 0.25) is 5.91 Å². The van der Waals surface area contributed by atoms with Gasteiger partial charge in [-0.25, -0.2) is 0 Å². The lowest BCUT2D eigenvalue weighted by Crippen LogP contribution is -2.39. The number of carbonyl (C=O) groups excluding carboxylic acids is 1. The number of likely N-dealkylation sites (tertiary alicyclic amines) is 1. The van der Waals surface area contributed by atoms with Gasteiger partial charge in [-0.2, -0.15) is 0 Å². The van der Waals surface area contributed by atoms with Crippen LogP contribution in [-0.4, -0.2) is 49.5 Å². The molecule has 1 aliphatic rings. The SMILES string of the molecule is CCCCCCN=C(NCC)NCCC(=O)N1CCCC1.I. The molecule has 0 bridgehead atoms. The molecule has 0 aromatic carbocycles. The van der Waals surface area contributed by atoms with E-state index in [9.17, 15) is 4.79 Å². The van der Waals surface area contributed by atoms with Gasteiger partial charge in [0.25, 0.3) is 0 Å². The van der Waals surface area contributed by atoms with Crippen LogP contribution >= 0.6 is 24.0 Å². The Kier molecular flexibility index (Phi) is 13.7. The van der Waals surface area contributed by atoms with Gasteiger partial charge in [-0.05, 0) is 26.2 Å². The average molecular weight is 424 g/mol. The number of nitrogens with one attached hydrogen (secondary N) is 2. The Morgan fingerprint density at radius 3 is 2.45 bits per heavy atom. The number of hydrogen-bond acceptors (Lipinski definition) is 2. The molecule has 6 heteroatoms. The zero-order chi connectivity index (χ0) is 15.3. The lowest BCUT2D eigenvalue weighted by atomic mass is 10.2. The zero-order valence-electron chi connectivity index (χ0n) is 14.2. The summed E-state index contributed by atoms with van der Waals surface area (Å²) in [4.78, 5) is 18.5. The van der Waals surface area contributed by atoms with Gasteiger partial charge in [0.1, 0.15) is 0 Å². The van der Waals surface area contributed by atoms with Crippen LogP contribution in [0, 0.1) is 0 Å². The number of guanidine groups is 1. The highest BCUT2D eigenvalue weighted by atomic mass is 127. The highest BCUT2D eigenvalue weighted by Gasteiger charge is 2.17. The van der Waals surface area contributed by atoms with Crippen molar-refractivity contribution in [3.8, 4) is 0 Å². The Bertz CT molecular complexity index is 317. The molecule has 0 atom stereocenters. The van der Waals surface area contributed by atoms with Crippen molar-refractivity contribution in [1.82, 2.24) is 15.5 Å². The third-order valence-electron chi connectivity index (χ3n) is 3.72. The average Bonchev–Trinajstić information content (AvgIpc) is 3.01. The molecule has 0 radical (unpaired) electrons. The molecule has 130 valence electrons. The first kappa shape index (κ1) is 21.5. The van der Waals surface area contributed by atoms with E-state index in [2.05, 4.69) is 29.5 Å². The van der Waals surface area contributed by atoms with Gasteiger partial charge in [0.05, 0.1) is 0 Å². The third kappa shape index (κ3) is 9.48. The second-order valence-corrected chi connectivity index (χ2v) is 5.59. The summed E-state index contributed by atoms with van der Waals surface area (Å²) in [5.41, 5.74) is 0. The van der Waals surface area contributed by atoms with Crippen molar-refractivity contribution < 1.29 is 4.79 Å². The van der Waals surface area contributed by atoms with Gasteiger partial charge in [-0.1, -0.05) is 26.2 Å². The van der Waals surface area contributed by atoms with Crippen molar-refractivity contribution in [2.24, 2.45) is 4.99 Å². The van der Waals surface area contributed by atoms with Crippen LogP contribution in [0.1, 0.15) is 58.8 Å². The number of rotatable bonds is 9. The van der Waals surface area contributed by atoms with Crippen LogP contribution < -0.4 is 10.6 Å². The maximum atomic E-state index is 11.9. The maximum absolute atomic E-state index is 11.9. The minimum Gasteiger partial charge on any atom is -0.357 e. The summed E-state index contributed by atoms with van der Waals surface area (Å²) in [6.45, 7) is 8.51. The second kappa shape index (κ2) is 14.1. The molecule has 22 heavy (non-hydrogen) atoms. The molecule has 0 aromatic heterocycles. The van der Waals surface area contributed by atoms with E-state index in [1.54, 1.807) is 0 Å². The molecule has 1 aliphatic heterocycles. The number of nitrogens with zero attached hydrogens (tertiary/aromatic N) is 2. The highest BCUT2D eigenvalue weighted by Crippen LogP contribution is 2.08. The van der Waals surface area contributed by atoms with Crippen molar-refractivity contribution in [2.75, 3.05) is 32.7 Å². The van der Waals surface area contributed by atoms with Gasteiger partial charge in [-0.3, -0.25) is 9.79 Å². The van der Waals surface area contributed by atoms with E-state index < -0.39 is 0 Å². The van der Waals surface area contributed by atoms with E-state index in [0.717, 1.165) is 51.4 Å². The van der Waals surface area contributed by atoms with Crippen molar-refractivity contribution in [1.29, 1.82) is 0 Å². The summed E-state index contributed by atoms with van der Waals surface area (Å²) in [6.07, 6.45) is 7.77. The molecule has 1 fully saturated rings. The lowest BCUT2D eigenvalue weighted by Gasteiger charge is -2.16. The quantitative estimate of drug-likeness (QED) is 0.259. The van der Waals surface area contributed by atoms with E-state index in [4.69, 9.17) is 0 Å². The van der Waals surface area contributed by atoms with Crippen molar-refractivity contribution >= 4 is 35.8 Å². The summed E-state index contributed by atoms with van der Waals surface area (Å²) in [6, 6.07) is 0. The van der Waals surface area contributed by atoms with E-state index in [1.165, 1.54) is 19.3 Å². The van der Waals surface area contributed by atoms with Gasteiger partial charge >= 0.3 is 0 Å². The molecule has 0 aliphatic carbocycles. The normalized spacial score (nSPS) is 14.6. The van der Waals surface area contributed by atoms with Gasteiger partial charge < -0.3 is 15.5 Å². The number of amides is 1. The fourth-order valence-electron chi connectivity index (χ4n) is 2.48. The second-order valence-electron chi connectivity index (χ2n) is 5.59. The summed E-state index contributed by atoms with van der Waals surface area (Å²) >= 11 is 0. The number of halogens is 1. The Morgan fingerprint density at radius 1 is 1.09 bits per heavy atom.